The Bertz CT molecular complexity index is 391. The van der Waals surface area contributed by atoms with Gasteiger partial charge in [-0.2, -0.15) is 0 Å². The van der Waals surface area contributed by atoms with E-state index >= 15 is 0 Å². The van der Waals surface area contributed by atoms with Gasteiger partial charge >= 0.3 is 5.97 Å². The van der Waals surface area contributed by atoms with Gasteiger partial charge < -0.3 is 4.74 Å². The van der Waals surface area contributed by atoms with Gasteiger partial charge in [0.15, 0.2) is 6.10 Å². The van der Waals surface area contributed by atoms with Gasteiger partial charge in [0.05, 0.1) is 0 Å². The van der Waals surface area contributed by atoms with E-state index in [2.05, 4.69) is 38.8 Å². The van der Waals surface area contributed by atoms with Crippen LogP contribution in [0, 0.1) is 23.7 Å². The highest BCUT2D eigenvalue weighted by Crippen LogP contribution is 2.26. The summed E-state index contributed by atoms with van der Waals surface area (Å²) >= 11 is 0. The maximum Gasteiger partial charge on any atom is 0.303 e. The quantitative estimate of drug-likeness (QED) is 0.421. The number of hydrogen-bond donors (Lipinski definition) is 0. The summed E-state index contributed by atoms with van der Waals surface area (Å²) in [6.45, 7) is 14.8. The van der Waals surface area contributed by atoms with Crippen molar-refractivity contribution in [3.63, 3.8) is 0 Å². The second-order valence-corrected chi connectivity index (χ2v) is 4.44. The number of allylic oxidation sites excluding steroid dienone is 3. The van der Waals surface area contributed by atoms with Gasteiger partial charge in [-0.25, -0.2) is 0 Å². The first-order chi connectivity index (χ1) is 8.43. The summed E-state index contributed by atoms with van der Waals surface area (Å²) in [6.07, 6.45) is 4.71. The van der Waals surface area contributed by atoms with Crippen molar-refractivity contribution >= 4 is 5.97 Å². The van der Waals surface area contributed by atoms with Crippen molar-refractivity contribution in [3.05, 3.63) is 37.0 Å². The summed E-state index contributed by atoms with van der Waals surface area (Å²) in [4.78, 5) is 11.2. The number of rotatable bonds is 5. The maximum atomic E-state index is 11.2. The van der Waals surface area contributed by atoms with E-state index in [1.54, 1.807) is 6.08 Å². The van der Waals surface area contributed by atoms with Crippen LogP contribution in [-0.4, -0.2) is 12.1 Å². The van der Waals surface area contributed by atoms with Crippen molar-refractivity contribution in [2.45, 2.75) is 33.8 Å². The summed E-state index contributed by atoms with van der Waals surface area (Å²) in [5.41, 5.74) is 1.10. The standard InChI is InChI=1S/C16H22O2/c1-7-9-11-15(18-14(6)17)16(12(3)4)13(5)10-8-2/h7-8,10,12,15-16H,1-2H2,3-6H3/b13-10+. The molecule has 0 rings (SSSR count). The van der Waals surface area contributed by atoms with Gasteiger partial charge in [0.2, 0.25) is 0 Å². The first-order valence-electron chi connectivity index (χ1n) is 6.02. The van der Waals surface area contributed by atoms with E-state index in [4.69, 9.17) is 4.74 Å². The molecule has 0 aliphatic heterocycles. The third kappa shape index (κ3) is 5.54. The lowest BCUT2D eigenvalue weighted by Gasteiger charge is -2.27. The predicted octanol–water partition coefficient (Wildman–Crippen LogP) is 3.51. The lowest BCUT2D eigenvalue weighted by Crippen LogP contribution is -2.29. The lowest BCUT2D eigenvalue weighted by molar-refractivity contribution is -0.145. The molecular weight excluding hydrogens is 224 g/mol. The minimum absolute atomic E-state index is 0.0550. The SMILES string of the molecule is C=CC#CC(OC(C)=O)C(/C(C)=C/C=C)C(C)C. The molecule has 0 heterocycles. The average Bonchev–Trinajstić information content (AvgIpc) is 2.25. The molecule has 2 nitrogen and oxygen atoms in total. The normalized spacial score (nSPS) is 14.2. The number of hydrogen-bond acceptors (Lipinski definition) is 2. The van der Waals surface area contributed by atoms with Crippen molar-refractivity contribution in [3.8, 4) is 11.8 Å². The zero-order valence-electron chi connectivity index (χ0n) is 11.7. The Morgan fingerprint density at radius 1 is 1.28 bits per heavy atom. The molecule has 0 aliphatic carbocycles. The van der Waals surface area contributed by atoms with E-state index in [0.717, 1.165) is 5.57 Å². The molecule has 98 valence electrons. The minimum Gasteiger partial charge on any atom is -0.449 e. The van der Waals surface area contributed by atoms with Crippen LogP contribution in [-0.2, 0) is 9.53 Å². The Kier molecular flexibility index (Phi) is 7.54. The molecule has 0 aliphatic rings. The summed E-state index contributed by atoms with van der Waals surface area (Å²) in [5, 5.41) is 0. The Hall–Kier alpha value is -1.75. The van der Waals surface area contributed by atoms with Gasteiger partial charge in [-0.05, 0) is 18.9 Å². The molecule has 0 aromatic carbocycles. The van der Waals surface area contributed by atoms with Crippen LogP contribution in [0.15, 0.2) is 37.0 Å². The fourth-order valence-electron chi connectivity index (χ4n) is 1.92. The number of esters is 1. The van der Waals surface area contributed by atoms with E-state index in [-0.39, 0.29) is 11.9 Å². The largest absolute Gasteiger partial charge is 0.449 e. The predicted molar refractivity (Wildman–Crippen MR) is 75.8 cm³/mol. The number of ether oxygens (including phenoxy) is 1. The molecule has 0 aromatic heterocycles. The van der Waals surface area contributed by atoms with Crippen LogP contribution in [0.25, 0.3) is 0 Å². The Morgan fingerprint density at radius 2 is 1.89 bits per heavy atom. The third-order valence-electron chi connectivity index (χ3n) is 2.57. The van der Waals surface area contributed by atoms with Crippen molar-refractivity contribution in [1.82, 2.24) is 0 Å². The number of carbonyl (C=O) groups is 1. The molecule has 0 aromatic rings. The Labute approximate surface area is 110 Å². The van der Waals surface area contributed by atoms with Gasteiger partial charge in [-0.3, -0.25) is 4.79 Å². The van der Waals surface area contributed by atoms with Crippen LogP contribution in [0.3, 0.4) is 0 Å². The summed E-state index contributed by atoms with van der Waals surface area (Å²) in [7, 11) is 0. The molecule has 0 bridgehead atoms. The molecule has 2 heteroatoms. The van der Waals surface area contributed by atoms with E-state index in [1.807, 2.05) is 13.0 Å². The summed E-state index contributed by atoms with van der Waals surface area (Å²) < 4.78 is 5.31. The van der Waals surface area contributed by atoms with Crippen LogP contribution < -0.4 is 0 Å². The zero-order chi connectivity index (χ0) is 14.1. The van der Waals surface area contributed by atoms with Crippen LogP contribution in [0.4, 0.5) is 0 Å². The summed E-state index contributed by atoms with van der Waals surface area (Å²) in [6, 6.07) is 0. The topological polar surface area (TPSA) is 26.3 Å². The van der Waals surface area contributed by atoms with Crippen LogP contribution >= 0.6 is 0 Å². The highest BCUT2D eigenvalue weighted by Gasteiger charge is 2.26. The van der Waals surface area contributed by atoms with Crippen LogP contribution in [0.5, 0.6) is 0 Å². The molecule has 0 N–H and O–H groups in total. The first-order valence-corrected chi connectivity index (χ1v) is 6.02. The van der Waals surface area contributed by atoms with E-state index in [0.29, 0.717) is 5.92 Å². The highest BCUT2D eigenvalue weighted by atomic mass is 16.5. The Morgan fingerprint density at radius 3 is 2.28 bits per heavy atom. The molecule has 0 saturated heterocycles. The monoisotopic (exact) mass is 246 g/mol. The first kappa shape index (κ1) is 16.2. The van der Waals surface area contributed by atoms with E-state index in [1.165, 1.54) is 13.0 Å². The molecule has 18 heavy (non-hydrogen) atoms. The van der Waals surface area contributed by atoms with E-state index < -0.39 is 6.10 Å². The molecule has 2 atom stereocenters. The smallest absolute Gasteiger partial charge is 0.303 e. The molecule has 0 radical (unpaired) electrons. The van der Waals surface area contributed by atoms with Crippen molar-refractivity contribution in [1.29, 1.82) is 0 Å². The Balaban J connectivity index is 5.33. The lowest BCUT2D eigenvalue weighted by atomic mass is 9.84. The van der Waals surface area contributed by atoms with Gasteiger partial charge in [0.25, 0.3) is 0 Å². The van der Waals surface area contributed by atoms with Crippen molar-refractivity contribution < 1.29 is 9.53 Å². The van der Waals surface area contributed by atoms with Gasteiger partial charge in [-0.1, -0.05) is 56.6 Å². The molecular formula is C16H22O2. The zero-order valence-corrected chi connectivity index (χ0v) is 11.7. The molecule has 2 unspecified atom stereocenters. The fraction of sp³-hybridized carbons (Fsp3) is 0.438. The van der Waals surface area contributed by atoms with Gasteiger partial charge in [-0.15, -0.1) is 0 Å². The second kappa shape index (κ2) is 8.36. The van der Waals surface area contributed by atoms with Crippen LogP contribution in [0.1, 0.15) is 27.7 Å². The van der Waals surface area contributed by atoms with Gasteiger partial charge in [0, 0.05) is 12.8 Å². The second-order valence-electron chi connectivity index (χ2n) is 4.44. The summed E-state index contributed by atoms with van der Waals surface area (Å²) in [5.74, 6) is 5.75. The molecule has 0 fully saturated rings. The third-order valence-corrected chi connectivity index (χ3v) is 2.57. The van der Waals surface area contributed by atoms with Crippen molar-refractivity contribution in [2.75, 3.05) is 0 Å². The van der Waals surface area contributed by atoms with Crippen LogP contribution in [0.2, 0.25) is 0 Å². The fourth-order valence-corrected chi connectivity index (χ4v) is 1.92. The minimum atomic E-state index is -0.448. The average molecular weight is 246 g/mol. The number of carbonyl (C=O) groups excluding carboxylic acids is 1. The molecule has 0 spiro atoms. The van der Waals surface area contributed by atoms with Gasteiger partial charge in [0.1, 0.15) is 0 Å². The van der Waals surface area contributed by atoms with Crippen molar-refractivity contribution in [2.24, 2.45) is 11.8 Å². The molecule has 0 saturated carbocycles. The maximum absolute atomic E-state index is 11.2. The van der Waals surface area contributed by atoms with E-state index in [9.17, 15) is 4.79 Å². The highest BCUT2D eigenvalue weighted by molar-refractivity contribution is 5.66. The molecule has 0 amide bonds.